The van der Waals surface area contributed by atoms with E-state index in [9.17, 15) is 4.79 Å². The minimum Gasteiger partial charge on any atom is -0.355 e. The number of nitrogens with one attached hydrogen (secondary N) is 1. The molecule has 0 fully saturated rings. The zero-order chi connectivity index (χ0) is 17.1. The maximum absolute atomic E-state index is 12.1. The lowest BCUT2D eigenvalue weighted by Crippen LogP contribution is -2.27. The van der Waals surface area contributed by atoms with E-state index in [-0.39, 0.29) is 5.91 Å². The van der Waals surface area contributed by atoms with Gasteiger partial charge in [-0.05, 0) is 42.7 Å². The number of fused-ring (bicyclic) bond motifs is 1. The molecular formula is C20H21ClN2O. The van der Waals surface area contributed by atoms with Crippen LogP contribution in [0.5, 0.6) is 0 Å². The van der Waals surface area contributed by atoms with Crippen molar-refractivity contribution in [3.05, 3.63) is 70.4 Å². The summed E-state index contributed by atoms with van der Waals surface area (Å²) in [7, 11) is 2.08. The van der Waals surface area contributed by atoms with Gasteiger partial charge in [0.25, 0.3) is 0 Å². The summed E-state index contributed by atoms with van der Waals surface area (Å²) in [6, 6.07) is 15.8. The van der Waals surface area contributed by atoms with Gasteiger partial charge >= 0.3 is 0 Å². The van der Waals surface area contributed by atoms with Crippen molar-refractivity contribution in [2.75, 3.05) is 6.54 Å². The third-order valence-corrected chi connectivity index (χ3v) is 4.76. The highest BCUT2D eigenvalue weighted by molar-refractivity contribution is 6.30. The van der Waals surface area contributed by atoms with Crippen molar-refractivity contribution in [2.24, 2.45) is 7.05 Å². The second-order valence-electron chi connectivity index (χ2n) is 6.04. The normalized spacial score (nSPS) is 11.0. The second-order valence-corrected chi connectivity index (χ2v) is 6.48. The second kappa shape index (κ2) is 7.10. The van der Waals surface area contributed by atoms with Crippen LogP contribution in [0.1, 0.15) is 16.8 Å². The van der Waals surface area contributed by atoms with E-state index in [1.54, 1.807) is 0 Å². The smallest absolute Gasteiger partial charge is 0.224 e. The van der Waals surface area contributed by atoms with Gasteiger partial charge in [-0.15, -0.1) is 0 Å². The lowest BCUT2D eigenvalue weighted by molar-refractivity contribution is -0.120. The van der Waals surface area contributed by atoms with Crippen molar-refractivity contribution in [3.63, 3.8) is 0 Å². The number of amides is 1. The topological polar surface area (TPSA) is 34.0 Å². The predicted molar refractivity (Wildman–Crippen MR) is 99.5 cm³/mol. The van der Waals surface area contributed by atoms with E-state index >= 15 is 0 Å². The van der Waals surface area contributed by atoms with Crippen LogP contribution in [-0.2, 0) is 24.7 Å². The van der Waals surface area contributed by atoms with Gasteiger partial charge in [0, 0.05) is 35.2 Å². The highest BCUT2D eigenvalue weighted by Crippen LogP contribution is 2.24. The summed E-state index contributed by atoms with van der Waals surface area (Å²) in [6.45, 7) is 2.77. The van der Waals surface area contributed by atoms with E-state index in [1.165, 1.54) is 22.2 Å². The first-order valence-electron chi connectivity index (χ1n) is 8.10. The number of carbonyl (C=O) groups excluding carboxylic acids is 1. The van der Waals surface area contributed by atoms with Gasteiger partial charge in [-0.1, -0.05) is 41.9 Å². The SMILES string of the molecule is Cc1c(CCNC(=O)Cc2ccc(Cl)cc2)c2ccccc2n1C. The minimum atomic E-state index is 0.0372. The van der Waals surface area contributed by atoms with Gasteiger partial charge in [0.2, 0.25) is 5.91 Å². The summed E-state index contributed by atoms with van der Waals surface area (Å²) in [6.07, 6.45) is 1.21. The number of rotatable bonds is 5. The number of hydrogen-bond acceptors (Lipinski definition) is 1. The number of aryl methyl sites for hydroxylation is 1. The van der Waals surface area contributed by atoms with E-state index in [4.69, 9.17) is 11.6 Å². The molecule has 3 rings (SSSR count). The molecule has 0 spiro atoms. The number of nitrogens with zero attached hydrogens (tertiary/aromatic N) is 1. The third kappa shape index (κ3) is 3.46. The molecule has 3 aromatic rings. The summed E-state index contributed by atoms with van der Waals surface area (Å²) >= 11 is 5.86. The maximum atomic E-state index is 12.1. The Bertz CT molecular complexity index is 865. The van der Waals surface area contributed by atoms with Crippen molar-refractivity contribution in [1.29, 1.82) is 0 Å². The Morgan fingerprint density at radius 3 is 2.58 bits per heavy atom. The number of benzene rings is 2. The molecule has 0 aliphatic carbocycles. The van der Waals surface area contributed by atoms with E-state index in [1.807, 2.05) is 24.3 Å². The standard InChI is InChI=1S/C20H21ClN2O/c1-14-17(18-5-3-4-6-19(18)23(14)2)11-12-22-20(24)13-15-7-9-16(21)10-8-15/h3-10H,11-13H2,1-2H3,(H,22,24). The van der Waals surface area contributed by atoms with Crippen molar-refractivity contribution in [2.45, 2.75) is 19.8 Å². The minimum absolute atomic E-state index is 0.0372. The van der Waals surface area contributed by atoms with Gasteiger partial charge < -0.3 is 9.88 Å². The Morgan fingerprint density at radius 2 is 1.83 bits per heavy atom. The molecule has 1 amide bonds. The van der Waals surface area contributed by atoms with Crippen LogP contribution in [0.2, 0.25) is 5.02 Å². The molecule has 0 aliphatic heterocycles. The summed E-state index contributed by atoms with van der Waals surface area (Å²) in [5, 5.41) is 4.97. The van der Waals surface area contributed by atoms with Crippen molar-refractivity contribution in [3.8, 4) is 0 Å². The third-order valence-electron chi connectivity index (χ3n) is 4.51. The van der Waals surface area contributed by atoms with Crippen LogP contribution < -0.4 is 5.32 Å². The van der Waals surface area contributed by atoms with Crippen molar-refractivity contribution < 1.29 is 4.79 Å². The van der Waals surface area contributed by atoms with Gasteiger partial charge in [-0.3, -0.25) is 4.79 Å². The van der Waals surface area contributed by atoms with Crippen LogP contribution in [0.3, 0.4) is 0 Å². The molecule has 1 aromatic heterocycles. The molecule has 0 aliphatic rings. The van der Waals surface area contributed by atoms with Gasteiger partial charge in [0.1, 0.15) is 0 Å². The first-order chi connectivity index (χ1) is 11.6. The number of halogens is 1. The summed E-state index contributed by atoms with van der Waals surface area (Å²) < 4.78 is 2.21. The summed E-state index contributed by atoms with van der Waals surface area (Å²) in [4.78, 5) is 12.1. The van der Waals surface area contributed by atoms with Crippen LogP contribution >= 0.6 is 11.6 Å². The first-order valence-corrected chi connectivity index (χ1v) is 8.48. The van der Waals surface area contributed by atoms with Crippen LogP contribution in [0.4, 0.5) is 0 Å². The zero-order valence-corrected chi connectivity index (χ0v) is 14.7. The Hall–Kier alpha value is -2.26. The Morgan fingerprint density at radius 1 is 1.12 bits per heavy atom. The fourth-order valence-corrected chi connectivity index (χ4v) is 3.22. The Balaban J connectivity index is 1.61. The van der Waals surface area contributed by atoms with Crippen LogP contribution in [0.15, 0.2) is 48.5 Å². The molecule has 0 atom stereocenters. The highest BCUT2D eigenvalue weighted by atomic mass is 35.5. The molecule has 1 N–H and O–H groups in total. The monoisotopic (exact) mass is 340 g/mol. The number of hydrogen-bond donors (Lipinski definition) is 1. The highest BCUT2D eigenvalue weighted by Gasteiger charge is 2.11. The van der Waals surface area contributed by atoms with Gasteiger partial charge in [0.15, 0.2) is 0 Å². The molecule has 0 unspecified atom stereocenters. The summed E-state index contributed by atoms with van der Waals surface area (Å²) in [5.41, 5.74) is 4.76. The first kappa shape index (κ1) is 16.6. The van der Waals surface area contributed by atoms with Gasteiger partial charge in [0.05, 0.1) is 6.42 Å². The molecule has 1 heterocycles. The lowest BCUT2D eigenvalue weighted by Gasteiger charge is -2.06. The molecule has 124 valence electrons. The summed E-state index contributed by atoms with van der Waals surface area (Å²) in [5.74, 6) is 0.0372. The quantitative estimate of drug-likeness (QED) is 0.747. The number of aromatic nitrogens is 1. The lowest BCUT2D eigenvalue weighted by atomic mass is 10.1. The van der Waals surface area contributed by atoms with E-state index in [0.717, 1.165) is 12.0 Å². The molecule has 24 heavy (non-hydrogen) atoms. The van der Waals surface area contributed by atoms with E-state index < -0.39 is 0 Å². The molecule has 3 nitrogen and oxygen atoms in total. The van der Waals surface area contributed by atoms with Gasteiger partial charge in [-0.2, -0.15) is 0 Å². The molecular weight excluding hydrogens is 320 g/mol. The molecule has 0 saturated carbocycles. The molecule has 2 aromatic carbocycles. The molecule has 0 radical (unpaired) electrons. The average molecular weight is 341 g/mol. The number of carbonyl (C=O) groups is 1. The largest absolute Gasteiger partial charge is 0.355 e. The van der Waals surface area contributed by atoms with E-state index in [0.29, 0.717) is 18.0 Å². The maximum Gasteiger partial charge on any atom is 0.224 e. The molecule has 0 bridgehead atoms. The van der Waals surface area contributed by atoms with Crippen LogP contribution in [0.25, 0.3) is 10.9 Å². The molecule has 0 saturated heterocycles. The average Bonchev–Trinajstić information content (AvgIpc) is 2.82. The van der Waals surface area contributed by atoms with Crippen molar-refractivity contribution >= 4 is 28.4 Å². The van der Waals surface area contributed by atoms with Gasteiger partial charge in [-0.25, -0.2) is 0 Å². The Kier molecular flexibility index (Phi) is 4.91. The van der Waals surface area contributed by atoms with Crippen LogP contribution in [0, 0.1) is 6.92 Å². The molecule has 4 heteroatoms. The van der Waals surface area contributed by atoms with Crippen molar-refractivity contribution in [1.82, 2.24) is 9.88 Å². The van der Waals surface area contributed by atoms with E-state index in [2.05, 4.69) is 48.1 Å². The Labute approximate surface area is 147 Å². The fourth-order valence-electron chi connectivity index (χ4n) is 3.09. The zero-order valence-electron chi connectivity index (χ0n) is 14.0. The predicted octanol–water partition coefficient (Wildman–Crippen LogP) is 4.04. The van der Waals surface area contributed by atoms with Crippen LogP contribution in [-0.4, -0.2) is 17.0 Å². The number of para-hydroxylation sites is 1. The fraction of sp³-hybridized carbons (Fsp3) is 0.250.